The van der Waals surface area contributed by atoms with Crippen molar-refractivity contribution in [3.8, 4) is 0 Å². The molecule has 0 spiro atoms. The third-order valence-corrected chi connectivity index (χ3v) is 7.61. The minimum atomic E-state index is -3.35. The van der Waals surface area contributed by atoms with Crippen LogP contribution in [0.5, 0.6) is 0 Å². The predicted octanol–water partition coefficient (Wildman–Crippen LogP) is 2.20. The monoisotopic (exact) mass is 310 g/mol. The molecule has 1 saturated carbocycles. The molecule has 3 nitrogen and oxygen atoms in total. The summed E-state index contributed by atoms with van der Waals surface area (Å²) in [6, 6.07) is 3.32. The molecule has 6 heteroatoms. The maximum Gasteiger partial charge on any atom is 0.195 e. The Kier molecular flexibility index (Phi) is 2.96. The third kappa shape index (κ3) is 1.67. The minimum absolute atomic E-state index is 0.273. The zero-order valence-electron chi connectivity index (χ0n) is 7.94. The van der Waals surface area contributed by atoms with Crippen LogP contribution in [0.1, 0.15) is 19.3 Å². The first kappa shape index (κ1) is 11.6. The SMILES string of the molecule is O=S(=O)(c1ccc(Br)s1)C1(CO)CCC1. The van der Waals surface area contributed by atoms with Crippen molar-refractivity contribution in [2.75, 3.05) is 6.61 Å². The van der Waals surface area contributed by atoms with Crippen molar-refractivity contribution in [2.45, 2.75) is 28.2 Å². The quantitative estimate of drug-likeness (QED) is 0.931. The van der Waals surface area contributed by atoms with Gasteiger partial charge >= 0.3 is 0 Å². The summed E-state index contributed by atoms with van der Waals surface area (Å²) < 4.78 is 24.7. The van der Waals surface area contributed by atoms with Crippen LogP contribution in [0.25, 0.3) is 0 Å². The van der Waals surface area contributed by atoms with E-state index < -0.39 is 14.6 Å². The zero-order valence-corrected chi connectivity index (χ0v) is 11.2. The van der Waals surface area contributed by atoms with Crippen LogP contribution in [0.2, 0.25) is 0 Å². The van der Waals surface area contributed by atoms with Gasteiger partial charge in [-0.2, -0.15) is 0 Å². The molecule has 2 rings (SSSR count). The Morgan fingerprint density at radius 2 is 2.13 bits per heavy atom. The highest BCUT2D eigenvalue weighted by atomic mass is 79.9. The summed E-state index contributed by atoms with van der Waals surface area (Å²) in [6.07, 6.45) is 2.02. The first-order chi connectivity index (χ1) is 7.02. The van der Waals surface area contributed by atoms with Gasteiger partial charge in [0.2, 0.25) is 0 Å². The van der Waals surface area contributed by atoms with Gasteiger partial charge in [0.25, 0.3) is 0 Å². The van der Waals surface area contributed by atoms with Crippen LogP contribution in [0, 0.1) is 0 Å². The summed E-state index contributed by atoms with van der Waals surface area (Å²) in [4.78, 5) is 0. The van der Waals surface area contributed by atoms with Crippen molar-refractivity contribution in [2.24, 2.45) is 0 Å². The van der Waals surface area contributed by atoms with Crippen molar-refractivity contribution in [1.82, 2.24) is 0 Å². The summed E-state index contributed by atoms with van der Waals surface area (Å²) in [6.45, 7) is -0.273. The fourth-order valence-corrected chi connectivity index (χ4v) is 6.09. The average molecular weight is 311 g/mol. The lowest BCUT2D eigenvalue weighted by atomic mass is 9.85. The number of hydrogen-bond donors (Lipinski definition) is 1. The van der Waals surface area contributed by atoms with E-state index in [1.165, 1.54) is 11.3 Å². The van der Waals surface area contributed by atoms with Gasteiger partial charge in [-0.1, -0.05) is 6.42 Å². The Morgan fingerprint density at radius 3 is 2.47 bits per heavy atom. The summed E-state index contributed by atoms with van der Waals surface area (Å²) in [7, 11) is -3.35. The highest BCUT2D eigenvalue weighted by Crippen LogP contribution is 2.44. The number of aliphatic hydroxyl groups excluding tert-OH is 1. The molecule has 0 aromatic carbocycles. The minimum Gasteiger partial charge on any atom is -0.395 e. The van der Waals surface area contributed by atoms with Gasteiger partial charge in [0.05, 0.1) is 10.4 Å². The Labute approximate surface area is 101 Å². The molecule has 1 aromatic rings. The van der Waals surface area contributed by atoms with E-state index in [9.17, 15) is 13.5 Å². The van der Waals surface area contributed by atoms with Crippen molar-refractivity contribution in [3.63, 3.8) is 0 Å². The molecule has 1 aliphatic carbocycles. The van der Waals surface area contributed by atoms with Crippen molar-refractivity contribution >= 4 is 37.1 Å². The van der Waals surface area contributed by atoms with Gasteiger partial charge in [-0.05, 0) is 40.9 Å². The molecule has 1 aliphatic rings. The van der Waals surface area contributed by atoms with E-state index in [2.05, 4.69) is 15.9 Å². The molecule has 0 amide bonds. The Morgan fingerprint density at radius 1 is 1.47 bits per heavy atom. The molecule has 15 heavy (non-hydrogen) atoms. The third-order valence-electron chi connectivity index (χ3n) is 2.94. The van der Waals surface area contributed by atoms with Crippen molar-refractivity contribution in [1.29, 1.82) is 0 Å². The second kappa shape index (κ2) is 3.84. The Bertz CT molecular complexity index is 454. The lowest BCUT2D eigenvalue weighted by Crippen LogP contribution is -2.48. The number of hydrogen-bond acceptors (Lipinski definition) is 4. The van der Waals surface area contributed by atoms with Crippen molar-refractivity contribution in [3.05, 3.63) is 15.9 Å². The van der Waals surface area contributed by atoms with Gasteiger partial charge in [0.1, 0.15) is 8.96 Å². The fraction of sp³-hybridized carbons (Fsp3) is 0.556. The second-order valence-corrected chi connectivity index (χ2v) is 8.79. The van der Waals surface area contributed by atoms with E-state index in [-0.39, 0.29) is 6.61 Å². The van der Waals surface area contributed by atoms with Crippen LogP contribution >= 0.6 is 27.3 Å². The summed E-state index contributed by atoms with van der Waals surface area (Å²) in [5.74, 6) is 0. The highest BCUT2D eigenvalue weighted by Gasteiger charge is 2.49. The lowest BCUT2D eigenvalue weighted by molar-refractivity contribution is 0.182. The number of halogens is 1. The number of rotatable bonds is 3. The second-order valence-electron chi connectivity index (χ2n) is 3.76. The molecule has 0 radical (unpaired) electrons. The molecule has 0 bridgehead atoms. The highest BCUT2D eigenvalue weighted by molar-refractivity contribution is 9.11. The van der Waals surface area contributed by atoms with Gasteiger partial charge in [0.15, 0.2) is 9.84 Å². The maximum atomic E-state index is 12.2. The first-order valence-electron chi connectivity index (χ1n) is 4.63. The summed E-state index contributed by atoms with van der Waals surface area (Å²) in [5, 5.41) is 9.25. The maximum absolute atomic E-state index is 12.2. The molecule has 1 aromatic heterocycles. The van der Waals surface area contributed by atoms with E-state index in [0.29, 0.717) is 17.1 Å². The van der Waals surface area contributed by atoms with E-state index in [1.54, 1.807) is 12.1 Å². The molecule has 84 valence electrons. The first-order valence-corrected chi connectivity index (χ1v) is 7.72. The molecule has 0 atom stereocenters. The average Bonchev–Trinajstić information content (AvgIpc) is 2.50. The molecule has 0 aliphatic heterocycles. The van der Waals surface area contributed by atoms with Crippen LogP contribution in [-0.2, 0) is 9.84 Å². The zero-order chi connectivity index (χ0) is 11.1. The van der Waals surface area contributed by atoms with Gasteiger partial charge in [0, 0.05) is 0 Å². The fourth-order valence-electron chi connectivity index (χ4n) is 1.74. The van der Waals surface area contributed by atoms with E-state index >= 15 is 0 Å². The molecular formula is C9H11BrO3S2. The van der Waals surface area contributed by atoms with Crippen LogP contribution in [0.3, 0.4) is 0 Å². The molecule has 1 N–H and O–H groups in total. The number of thiophene rings is 1. The number of aliphatic hydroxyl groups is 1. The van der Waals surface area contributed by atoms with Crippen LogP contribution < -0.4 is 0 Å². The van der Waals surface area contributed by atoms with Crippen LogP contribution in [0.15, 0.2) is 20.1 Å². The predicted molar refractivity (Wildman–Crippen MR) is 62.9 cm³/mol. The Balaban J connectivity index is 2.43. The molecule has 0 unspecified atom stereocenters. The number of sulfone groups is 1. The van der Waals surface area contributed by atoms with Crippen LogP contribution in [-0.4, -0.2) is 24.9 Å². The molecule has 1 fully saturated rings. The lowest BCUT2D eigenvalue weighted by Gasteiger charge is -2.38. The van der Waals surface area contributed by atoms with E-state index in [4.69, 9.17) is 0 Å². The normalized spacial score (nSPS) is 19.9. The largest absolute Gasteiger partial charge is 0.395 e. The van der Waals surface area contributed by atoms with Crippen molar-refractivity contribution < 1.29 is 13.5 Å². The van der Waals surface area contributed by atoms with Gasteiger partial charge in [-0.3, -0.25) is 0 Å². The molecule has 1 heterocycles. The van der Waals surface area contributed by atoms with Gasteiger partial charge < -0.3 is 5.11 Å². The van der Waals surface area contributed by atoms with Crippen LogP contribution in [0.4, 0.5) is 0 Å². The Hall–Kier alpha value is 0.0900. The molecule has 0 saturated heterocycles. The van der Waals surface area contributed by atoms with E-state index in [0.717, 1.165) is 10.2 Å². The summed E-state index contributed by atoms with van der Waals surface area (Å²) >= 11 is 4.45. The molecular weight excluding hydrogens is 300 g/mol. The standard InChI is InChI=1S/C9H11BrO3S2/c10-7-2-3-8(14-7)15(12,13)9(6-11)4-1-5-9/h2-3,11H,1,4-6H2. The summed E-state index contributed by atoms with van der Waals surface area (Å²) in [5.41, 5.74) is 0. The van der Waals surface area contributed by atoms with Gasteiger partial charge in [-0.25, -0.2) is 8.42 Å². The van der Waals surface area contributed by atoms with E-state index in [1.807, 2.05) is 0 Å². The smallest absolute Gasteiger partial charge is 0.195 e. The van der Waals surface area contributed by atoms with Gasteiger partial charge in [-0.15, -0.1) is 11.3 Å². The topological polar surface area (TPSA) is 54.4 Å².